The van der Waals surface area contributed by atoms with Crippen molar-refractivity contribution in [2.75, 3.05) is 32.1 Å². The van der Waals surface area contributed by atoms with Crippen molar-refractivity contribution in [1.82, 2.24) is 10.2 Å². The lowest BCUT2D eigenvalue weighted by Gasteiger charge is -2.33. The molecule has 0 spiro atoms. The number of halogens is 1. The molecular weight excluding hydrogens is 414 g/mol. The van der Waals surface area contributed by atoms with E-state index in [1.165, 1.54) is 0 Å². The molecule has 1 aliphatic rings. The third kappa shape index (κ3) is 6.37. The Kier molecular flexibility index (Phi) is 8.18. The van der Waals surface area contributed by atoms with Crippen molar-refractivity contribution in [2.24, 2.45) is 0 Å². The molecule has 2 N–H and O–H groups in total. The zero-order valence-corrected chi connectivity index (χ0v) is 18.9. The summed E-state index contributed by atoms with van der Waals surface area (Å²) in [6, 6.07) is 13.2. The molecular formula is C24H30ClN3O3. The molecule has 2 aromatic rings. The number of hydrogen-bond acceptors (Lipinski definition) is 4. The van der Waals surface area contributed by atoms with Gasteiger partial charge in [0.2, 0.25) is 5.91 Å². The summed E-state index contributed by atoms with van der Waals surface area (Å²) in [4.78, 5) is 26.8. The van der Waals surface area contributed by atoms with Gasteiger partial charge in [-0.1, -0.05) is 23.7 Å². The number of rotatable bonds is 8. The molecule has 6 nitrogen and oxygen atoms in total. The van der Waals surface area contributed by atoms with E-state index in [0.29, 0.717) is 22.8 Å². The highest BCUT2D eigenvalue weighted by molar-refractivity contribution is 6.34. The maximum atomic E-state index is 12.8. The molecule has 0 aromatic heterocycles. The molecule has 1 saturated heterocycles. The number of likely N-dealkylation sites (tertiary alicyclic amines) is 1. The summed E-state index contributed by atoms with van der Waals surface area (Å²) in [7, 11) is 1.63. The second-order valence-electron chi connectivity index (χ2n) is 7.84. The quantitative estimate of drug-likeness (QED) is 0.643. The molecule has 2 amide bonds. The van der Waals surface area contributed by atoms with Crippen molar-refractivity contribution in [3.8, 4) is 5.75 Å². The summed E-state index contributed by atoms with van der Waals surface area (Å²) < 4.78 is 5.14. The molecule has 2 aromatic carbocycles. The van der Waals surface area contributed by atoms with E-state index in [0.717, 1.165) is 43.5 Å². The Balaban J connectivity index is 1.46. The van der Waals surface area contributed by atoms with E-state index in [2.05, 4.69) is 17.6 Å². The number of nitrogens with zero attached hydrogens (tertiary/aromatic N) is 1. The van der Waals surface area contributed by atoms with Crippen molar-refractivity contribution in [3.63, 3.8) is 0 Å². The molecule has 1 heterocycles. The second kappa shape index (κ2) is 11.0. The van der Waals surface area contributed by atoms with E-state index in [1.54, 1.807) is 25.3 Å². The van der Waals surface area contributed by atoms with Gasteiger partial charge in [-0.15, -0.1) is 0 Å². The van der Waals surface area contributed by atoms with Crippen LogP contribution in [0.5, 0.6) is 5.75 Å². The number of methoxy groups -OCH3 is 1. The average Bonchev–Trinajstić information content (AvgIpc) is 2.78. The van der Waals surface area contributed by atoms with Crippen LogP contribution in [0.15, 0.2) is 42.5 Å². The summed E-state index contributed by atoms with van der Waals surface area (Å²) in [5.74, 6) is 0.681. The van der Waals surface area contributed by atoms with Gasteiger partial charge in [-0.3, -0.25) is 9.59 Å². The van der Waals surface area contributed by atoms with Gasteiger partial charge in [0.25, 0.3) is 5.91 Å². The van der Waals surface area contributed by atoms with Gasteiger partial charge in [0.05, 0.1) is 24.2 Å². The van der Waals surface area contributed by atoms with Crippen LogP contribution in [-0.2, 0) is 11.2 Å². The van der Waals surface area contributed by atoms with Crippen LogP contribution in [0.3, 0.4) is 0 Å². The van der Waals surface area contributed by atoms with Crippen LogP contribution in [0, 0.1) is 0 Å². The van der Waals surface area contributed by atoms with E-state index in [4.69, 9.17) is 16.3 Å². The molecule has 0 radical (unpaired) electrons. The number of piperidine rings is 1. The number of ether oxygens (including phenoxy) is 1. The summed E-state index contributed by atoms with van der Waals surface area (Å²) in [6.07, 6.45) is 3.95. The van der Waals surface area contributed by atoms with Crippen LogP contribution in [-0.4, -0.2) is 49.5 Å². The maximum absolute atomic E-state index is 12.8. The maximum Gasteiger partial charge on any atom is 0.255 e. The van der Waals surface area contributed by atoms with Crippen LogP contribution in [0.1, 0.15) is 42.1 Å². The largest absolute Gasteiger partial charge is 0.497 e. The van der Waals surface area contributed by atoms with Gasteiger partial charge in [-0.2, -0.15) is 0 Å². The monoisotopic (exact) mass is 443 g/mol. The molecule has 166 valence electrons. The second-order valence-corrected chi connectivity index (χ2v) is 8.25. The van der Waals surface area contributed by atoms with Gasteiger partial charge in [0.1, 0.15) is 5.75 Å². The molecule has 1 fully saturated rings. The van der Waals surface area contributed by atoms with Gasteiger partial charge in [0.15, 0.2) is 0 Å². The highest BCUT2D eigenvalue weighted by atomic mass is 35.5. The van der Waals surface area contributed by atoms with E-state index in [9.17, 15) is 9.59 Å². The van der Waals surface area contributed by atoms with Crippen LogP contribution >= 0.6 is 11.6 Å². The van der Waals surface area contributed by atoms with Gasteiger partial charge < -0.3 is 20.3 Å². The SMILES string of the molecule is COc1ccc(CCNC(=O)CNc2ccc(C(=O)N3CCCCC3C)c(Cl)c2)cc1. The molecule has 0 saturated carbocycles. The number of nitrogens with one attached hydrogen (secondary N) is 2. The zero-order chi connectivity index (χ0) is 22.2. The van der Waals surface area contributed by atoms with Crippen LogP contribution in [0.2, 0.25) is 5.02 Å². The minimum atomic E-state index is -0.105. The Morgan fingerprint density at radius 2 is 1.94 bits per heavy atom. The molecule has 3 rings (SSSR count). The number of benzene rings is 2. The normalized spacial score (nSPS) is 16.0. The summed E-state index contributed by atoms with van der Waals surface area (Å²) >= 11 is 6.38. The standard InChI is InChI=1S/C24H30ClN3O3/c1-17-5-3-4-14-28(17)24(30)21-11-8-19(15-22(21)25)27-16-23(29)26-13-12-18-6-9-20(31-2)10-7-18/h6-11,15,17,27H,3-5,12-14,16H2,1-2H3,(H,26,29). The first-order chi connectivity index (χ1) is 15.0. The van der Waals surface area contributed by atoms with E-state index in [-0.39, 0.29) is 24.4 Å². The van der Waals surface area contributed by atoms with Crippen LogP contribution < -0.4 is 15.4 Å². The zero-order valence-electron chi connectivity index (χ0n) is 18.1. The number of amides is 2. The molecule has 1 unspecified atom stereocenters. The summed E-state index contributed by atoms with van der Waals surface area (Å²) in [5.41, 5.74) is 2.34. The predicted molar refractivity (Wildman–Crippen MR) is 124 cm³/mol. The molecule has 1 atom stereocenters. The van der Waals surface area contributed by atoms with E-state index in [1.807, 2.05) is 29.2 Å². The van der Waals surface area contributed by atoms with Crippen molar-refractivity contribution in [2.45, 2.75) is 38.6 Å². The molecule has 0 bridgehead atoms. The van der Waals surface area contributed by atoms with Crippen LogP contribution in [0.25, 0.3) is 0 Å². The van der Waals surface area contributed by atoms with Gasteiger partial charge in [0, 0.05) is 24.8 Å². The lowest BCUT2D eigenvalue weighted by atomic mass is 10.0. The Morgan fingerprint density at radius 1 is 1.16 bits per heavy atom. The molecule has 1 aliphatic heterocycles. The van der Waals surface area contributed by atoms with Crippen molar-refractivity contribution >= 4 is 29.1 Å². The van der Waals surface area contributed by atoms with Gasteiger partial charge in [-0.25, -0.2) is 0 Å². The first-order valence-corrected chi connectivity index (χ1v) is 11.1. The minimum absolute atomic E-state index is 0.0278. The van der Waals surface area contributed by atoms with Crippen molar-refractivity contribution < 1.29 is 14.3 Å². The summed E-state index contributed by atoms with van der Waals surface area (Å²) in [6.45, 7) is 3.53. The smallest absolute Gasteiger partial charge is 0.255 e. The fraction of sp³-hybridized carbons (Fsp3) is 0.417. The first kappa shape index (κ1) is 22.9. The highest BCUT2D eigenvalue weighted by Gasteiger charge is 2.25. The van der Waals surface area contributed by atoms with Gasteiger partial charge >= 0.3 is 0 Å². The Bertz CT molecular complexity index is 901. The predicted octanol–water partition coefficient (Wildman–Crippen LogP) is 4.13. The third-order valence-corrected chi connectivity index (χ3v) is 5.92. The van der Waals surface area contributed by atoms with Crippen molar-refractivity contribution in [1.29, 1.82) is 0 Å². The lowest BCUT2D eigenvalue weighted by molar-refractivity contribution is -0.119. The van der Waals surface area contributed by atoms with Crippen molar-refractivity contribution in [3.05, 3.63) is 58.6 Å². The number of carbonyl (C=O) groups excluding carboxylic acids is 2. The van der Waals surface area contributed by atoms with Crippen LogP contribution in [0.4, 0.5) is 5.69 Å². The number of hydrogen-bond donors (Lipinski definition) is 2. The molecule has 7 heteroatoms. The lowest BCUT2D eigenvalue weighted by Crippen LogP contribution is -2.42. The first-order valence-electron chi connectivity index (χ1n) is 10.7. The van der Waals surface area contributed by atoms with Gasteiger partial charge in [-0.05, 0) is 68.5 Å². The highest BCUT2D eigenvalue weighted by Crippen LogP contribution is 2.25. The number of carbonyl (C=O) groups is 2. The fourth-order valence-electron chi connectivity index (χ4n) is 3.74. The minimum Gasteiger partial charge on any atom is -0.497 e. The Morgan fingerprint density at radius 3 is 2.61 bits per heavy atom. The topological polar surface area (TPSA) is 70.7 Å². The summed E-state index contributed by atoms with van der Waals surface area (Å²) in [5, 5.41) is 6.36. The molecule has 0 aliphatic carbocycles. The Hall–Kier alpha value is -2.73. The third-order valence-electron chi connectivity index (χ3n) is 5.61. The fourth-order valence-corrected chi connectivity index (χ4v) is 4.00. The Labute approximate surface area is 188 Å². The average molecular weight is 444 g/mol. The van der Waals surface area contributed by atoms with E-state index < -0.39 is 0 Å². The molecule has 31 heavy (non-hydrogen) atoms. The van der Waals surface area contributed by atoms with E-state index >= 15 is 0 Å². The number of anilines is 1.